The quantitative estimate of drug-likeness (QED) is 0.591. The minimum absolute atomic E-state index is 0.227. The van der Waals surface area contributed by atoms with Crippen molar-refractivity contribution < 1.29 is 8.42 Å². The lowest BCUT2D eigenvalue weighted by Gasteiger charge is -2.17. The molecule has 0 spiro atoms. The van der Waals surface area contributed by atoms with Crippen LogP contribution in [-0.2, 0) is 10.0 Å². The molecule has 10 heavy (non-hydrogen) atoms. The zero-order chi connectivity index (χ0) is 7.78. The Hall–Kier alpha value is -0.160. The van der Waals surface area contributed by atoms with Crippen LogP contribution in [-0.4, -0.2) is 24.4 Å². The van der Waals surface area contributed by atoms with Gasteiger partial charge in [0.05, 0.1) is 11.6 Å². The summed E-state index contributed by atoms with van der Waals surface area (Å²) in [6.45, 7) is 3.63. The SMILES string of the molecule is [CH2]C1SC=CN1S(C)(=O)=O. The Morgan fingerprint density at radius 2 is 2.30 bits per heavy atom. The van der Waals surface area contributed by atoms with E-state index in [1.54, 1.807) is 5.41 Å². The molecular formula is C5H8NO2S2. The van der Waals surface area contributed by atoms with Crippen LogP contribution in [0.25, 0.3) is 0 Å². The Bertz CT molecular complexity index is 244. The highest BCUT2D eigenvalue weighted by Gasteiger charge is 2.22. The second-order valence-corrected chi connectivity index (χ2v) is 4.94. The number of sulfonamides is 1. The van der Waals surface area contributed by atoms with Gasteiger partial charge in [-0.25, -0.2) is 8.42 Å². The topological polar surface area (TPSA) is 37.4 Å². The van der Waals surface area contributed by atoms with E-state index in [1.807, 2.05) is 0 Å². The molecule has 0 aromatic heterocycles. The van der Waals surface area contributed by atoms with Gasteiger partial charge in [0, 0.05) is 6.20 Å². The van der Waals surface area contributed by atoms with Crippen LogP contribution in [0.4, 0.5) is 0 Å². The van der Waals surface area contributed by atoms with Gasteiger partial charge in [0.1, 0.15) is 0 Å². The number of rotatable bonds is 1. The monoisotopic (exact) mass is 178 g/mol. The third-order valence-corrected chi connectivity index (χ3v) is 3.21. The maximum absolute atomic E-state index is 10.9. The van der Waals surface area contributed by atoms with E-state index in [1.165, 1.54) is 28.5 Å². The lowest BCUT2D eigenvalue weighted by Crippen LogP contribution is -2.28. The van der Waals surface area contributed by atoms with E-state index in [-0.39, 0.29) is 5.37 Å². The minimum atomic E-state index is -3.09. The van der Waals surface area contributed by atoms with Crippen LogP contribution in [0.5, 0.6) is 0 Å². The average Bonchev–Trinajstić information content (AvgIpc) is 2.11. The first-order chi connectivity index (χ1) is 4.52. The molecule has 0 aliphatic carbocycles. The largest absolute Gasteiger partial charge is 0.264 e. The highest BCUT2D eigenvalue weighted by Crippen LogP contribution is 2.25. The summed E-state index contributed by atoms with van der Waals surface area (Å²) in [5, 5.41) is 1.49. The highest BCUT2D eigenvalue weighted by molar-refractivity contribution is 8.03. The molecule has 0 amide bonds. The number of nitrogens with zero attached hydrogens (tertiary/aromatic N) is 1. The summed E-state index contributed by atoms with van der Waals surface area (Å²) in [5.41, 5.74) is 0. The smallest absolute Gasteiger partial charge is 0.232 e. The molecular weight excluding hydrogens is 170 g/mol. The number of hydrogen-bond donors (Lipinski definition) is 0. The lowest BCUT2D eigenvalue weighted by molar-refractivity contribution is 0.519. The molecule has 0 saturated heterocycles. The zero-order valence-electron chi connectivity index (χ0n) is 5.52. The van der Waals surface area contributed by atoms with Crippen LogP contribution >= 0.6 is 11.8 Å². The van der Waals surface area contributed by atoms with Gasteiger partial charge >= 0.3 is 0 Å². The Morgan fingerprint density at radius 1 is 1.70 bits per heavy atom. The van der Waals surface area contributed by atoms with Crippen molar-refractivity contribution in [2.75, 3.05) is 6.26 Å². The van der Waals surface area contributed by atoms with Crippen LogP contribution in [0.15, 0.2) is 11.6 Å². The lowest BCUT2D eigenvalue weighted by atomic mass is 10.7. The van der Waals surface area contributed by atoms with Gasteiger partial charge in [-0.15, -0.1) is 11.8 Å². The van der Waals surface area contributed by atoms with Gasteiger partial charge in [0.25, 0.3) is 0 Å². The molecule has 57 valence electrons. The standard InChI is InChI=1S/C5H8NO2S2/c1-5-6(3-4-9-5)10(2,7)8/h3-5H,1H2,2H3. The molecule has 1 aliphatic heterocycles. The summed E-state index contributed by atoms with van der Waals surface area (Å²) in [6.07, 6.45) is 2.69. The normalized spacial score (nSPS) is 25.8. The Morgan fingerprint density at radius 3 is 2.50 bits per heavy atom. The second kappa shape index (κ2) is 2.47. The summed E-state index contributed by atoms with van der Waals surface area (Å²) in [7, 11) is -3.09. The molecule has 1 atom stereocenters. The third kappa shape index (κ3) is 1.46. The van der Waals surface area contributed by atoms with Gasteiger partial charge in [-0.3, -0.25) is 4.31 Å². The van der Waals surface area contributed by atoms with Crippen LogP contribution in [0, 0.1) is 6.92 Å². The first kappa shape index (κ1) is 7.94. The fourth-order valence-corrected chi connectivity index (χ4v) is 2.64. The molecule has 5 heteroatoms. The molecule has 0 N–H and O–H groups in total. The maximum Gasteiger partial charge on any atom is 0.232 e. The summed E-state index contributed by atoms with van der Waals surface area (Å²) in [5.74, 6) is 0. The van der Waals surface area contributed by atoms with E-state index in [0.717, 1.165) is 0 Å². The average molecular weight is 178 g/mol. The van der Waals surface area contributed by atoms with Gasteiger partial charge in [-0.05, 0) is 12.3 Å². The van der Waals surface area contributed by atoms with Crippen LogP contribution in [0.2, 0.25) is 0 Å². The Kier molecular flexibility index (Phi) is 1.96. The number of hydrogen-bond acceptors (Lipinski definition) is 3. The molecule has 1 radical (unpaired) electrons. The van der Waals surface area contributed by atoms with Gasteiger partial charge < -0.3 is 0 Å². The van der Waals surface area contributed by atoms with Crippen LogP contribution < -0.4 is 0 Å². The van der Waals surface area contributed by atoms with Gasteiger partial charge in [0.2, 0.25) is 10.0 Å². The van der Waals surface area contributed by atoms with Crippen molar-refractivity contribution in [1.82, 2.24) is 4.31 Å². The van der Waals surface area contributed by atoms with Crippen molar-refractivity contribution in [2.24, 2.45) is 0 Å². The van der Waals surface area contributed by atoms with Crippen molar-refractivity contribution in [3.05, 3.63) is 18.5 Å². The fraction of sp³-hybridized carbons (Fsp3) is 0.400. The molecule has 0 aromatic rings. The minimum Gasteiger partial charge on any atom is -0.264 e. The Labute approximate surface area is 65.1 Å². The first-order valence-corrected chi connectivity index (χ1v) is 5.44. The molecule has 0 fully saturated rings. The molecule has 0 aromatic carbocycles. The molecule has 1 aliphatic rings. The van der Waals surface area contributed by atoms with Crippen LogP contribution in [0.3, 0.4) is 0 Å². The van der Waals surface area contributed by atoms with E-state index in [2.05, 4.69) is 6.92 Å². The zero-order valence-corrected chi connectivity index (χ0v) is 7.15. The summed E-state index contributed by atoms with van der Waals surface area (Å²) >= 11 is 1.39. The molecule has 3 nitrogen and oxygen atoms in total. The summed E-state index contributed by atoms with van der Waals surface area (Å²) < 4.78 is 23.0. The van der Waals surface area contributed by atoms with Crippen LogP contribution in [0.1, 0.15) is 0 Å². The fourth-order valence-electron chi connectivity index (χ4n) is 0.666. The second-order valence-electron chi connectivity index (χ2n) is 1.97. The maximum atomic E-state index is 10.9. The molecule has 0 bridgehead atoms. The third-order valence-electron chi connectivity index (χ3n) is 1.11. The van der Waals surface area contributed by atoms with E-state index in [9.17, 15) is 8.42 Å². The predicted molar refractivity (Wildman–Crippen MR) is 42.6 cm³/mol. The van der Waals surface area contributed by atoms with Gasteiger partial charge in [-0.2, -0.15) is 0 Å². The number of thioether (sulfide) groups is 1. The molecule has 1 unspecified atom stereocenters. The van der Waals surface area contributed by atoms with Crippen molar-refractivity contribution in [1.29, 1.82) is 0 Å². The van der Waals surface area contributed by atoms with E-state index >= 15 is 0 Å². The predicted octanol–water partition coefficient (Wildman–Crippen LogP) is 0.626. The van der Waals surface area contributed by atoms with Crippen molar-refractivity contribution in [3.63, 3.8) is 0 Å². The Balaban J connectivity index is 2.84. The van der Waals surface area contributed by atoms with E-state index in [4.69, 9.17) is 0 Å². The first-order valence-electron chi connectivity index (χ1n) is 2.65. The van der Waals surface area contributed by atoms with Crippen molar-refractivity contribution >= 4 is 21.8 Å². The molecule has 1 heterocycles. The van der Waals surface area contributed by atoms with E-state index in [0.29, 0.717) is 0 Å². The van der Waals surface area contributed by atoms with Crippen molar-refractivity contribution in [3.8, 4) is 0 Å². The molecule has 0 saturated carbocycles. The van der Waals surface area contributed by atoms with E-state index < -0.39 is 10.0 Å². The van der Waals surface area contributed by atoms with Gasteiger partial charge in [0.15, 0.2) is 0 Å². The summed E-state index contributed by atoms with van der Waals surface area (Å²) in [6, 6.07) is 0. The summed E-state index contributed by atoms with van der Waals surface area (Å²) in [4.78, 5) is 0. The van der Waals surface area contributed by atoms with Crippen molar-refractivity contribution in [2.45, 2.75) is 5.37 Å². The molecule has 1 rings (SSSR count). The van der Waals surface area contributed by atoms with Gasteiger partial charge in [-0.1, -0.05) is 0 Å². The highest BCUT2D eigenvalue weighted by atomic mass is 32.2.